The first kappa shape index (κ1) is 18.1. The fourth-order valence-corrected chi connectivity index (χ4v) is 2.90. The van der Waals surface area contributed by atoms with Gasteiger partial charge in [-0.3, -0.25) is 0 Å². The molecular weight excluding hydrogens is 332 g/mol. The average molecular weight is 352 g/mol. The summed E-state index contributed by atoms with van der Waals surface area (Å²) >= 11 is 0. The number of aryl methyl sites for hydroxylation is 1. The predicted molar refractivity (Wildman–Crippen MR) is 86.8 cm³/mol. The second kappa shape index (κ2) is 8.00. The number of carbonyl (C=O) groups is 1. The Balaban J connectivity index is 2.00. The van der Waals surface area contributed by atoms with Gasteiger partial charge in [-0.25, -0.2) is 17.9 Å². The molecule has 1 aromatic carbocycles. The largest absolute Gasteiger partial charge is 0.454 e. The molecule has 0 amide bonds. The van der Waals surface area contributed by atoms with Crippen LogP contribution in [0.4, 0.5) is 0 Å². The number of nitrogens with zero attached hydrogens (tertiary/aromatic N) is 4. The van der Waals surface area contributed by atoms with Crippen LogP contribution in [0.2, 0.25) is 0 Å². The third-order valence-electron chi connectivity index (χ3n) is 3.25. The second-order valence-electron chi connectivity index (χ2n) is 5.52. The van der Waals surface area contributed by atoms with E-state index in [-0.39, 0.29) is 12.4 Å². The minimum absolute atomic E-state index is 0.0359. The number of hydrogen-bond acceptors (Lipinski definition) is 7. The molecule has 9 heteroatoms. The summed E-state index contributed by atoms with van der Waals surface area (Å²) in [6.45, 7) is 2.69. The highest BCUT2D eigenvalue weighted by Gasteiger charge is 2.13. The zero-order valence-corrected chi connectivity index (χ0v) is 14.5. The molecule has 0 radical (unpaired) electrons. The number of rotatable bonds is 8. The van der Waals surface area contributed by atoms with Gasteiger partial charge in [0.2, 0.25) is 0 Å². The predicted octanol–water partition coefficient (Wildman–Crippen LogP) is 1.37. The Morgan fingerprint density at radius 1 is 1.33 bits per heavy atom. The van der Waals surface area contributed by atoms with Crippen molar-refractivity contribution in [2.75, 3.05) is 6.26 Å². The van der Waals surface area contributed by atoms with Crippen LogP contribution in [0.1, 0.15) is 41.5 Å². The van der Waals surface area contributed by atoms with Crippen molar-refractivity contribution in [3.63, 3.8) is 0 Å². The Kier molecular flexibility index (Phi) is 6.02. The van der Waals surface area contributed by atoms with Gasteiger partial charge in [0.15, 0.2) is 22.3 Å². The van der Waals surface area contributed by atoms with Crippen LogP contribution in [0.5, 0.6) is 0 Å². The highest BCUT2D eigenvalue weighted by atomic mass is 32.2. The van der Waals surface area contributed by atoms with Gasteiger partial charge in [-0.15, -0.1) is 5.10 Å². The van der Waals surface area contributed by atoms with Gasteiger partial charge in [0.25, 0.3) is 0 Å². The summed E-state index contributed by atoms with van der Waals surface area (Å²) in [5, 5.41) is 11.3. The van der Waals surface area contributed by atoms with Crippen molar-refractivity contribution in [1.29, 1.82) is 0 Å². The molecular formula is C15H20N4O4S. The Morgan fingerprint density at radius 2 is 2.12 bits per heavy atom. The zero-order chi connectivity index (χ0) is 17.6. The summed E-state index contributed by atoms with van der Waals surface area (Å²) in [7, 11) is -3.16. The van der Waals surface area contributed by atoms with Crippen molar-refractivity contribution >= 4 is 15.8 Å². The minimum atomic E-state index is -3.16. The van der Waals surface area contributed by atoms with Gasteiger partial charge < -0.3 is 4.74 Å². The minimum Gasteiger partial charge on any atom is -0.454 e. The van der Waals surface area contributed by atoms with E-state index >= 15 is 0 Å². The van der Waals surface area contributed by atoms with Crippen molar-refractivity contribution in [3.8, 4) is 0 Å². The van der Waals surface area contributed by atoms with E-state index in [1.54, 1.807) is 22.9 Å². The third kappa shape index (κ3) is 5.41. The van der Waals surface area contributed by atoms with Crippen molar-refractivity contribution in [2.24, 2.45) is 0 Å². The Labute approximate surface area is 140 Å². The fourth-order valence-electron chi connectivity index (χ4n) is 2.11. The van der Waals surface area contributed by atoms with E-state index in [0.29, 0.717) is 23.5 Å². The molecule has 0 saturated heterocycles. The van der Waals surface area contributed by atoms with Crippen LogP contribution in [-0.4, -0.2) is 40.9 Å². The first-order chi connectivity index (χ1) is 11.4. The highest BCUT2D eigenvalue weighted by Crippen LogP contribution is 2.11. The lowest BCUT2D eigenvalue weighted by atomic mass is 10.1. The smallest absolute Gasteiger partial charge is 0.338 e. The molecule has 2 aromatic rings. The summed E-state index contributed by atoms with van der Waals surface area (Å²) in [4.78, 5) is 12.1. The molecule has 0 aliphatic heterocycles. The van der Waals surface area contributed by atoms with E-state index in [2.05, 4.69) is 22.4 Å². The first-order valence-corrected chi connectivity index (χ1v) is 9.64. The molecule has 0 aliphatic rings. The van der Waals surface area contributed by atoms with Crippen LogP contribution in [0.25, 0.3) is 0 Å². The molecule has 1 aromatic heterocycles. The van der Waals surface area contributed by atoms with Crippen LogP contribution in [0.15, 0.2) is 24.3 Å². The van der Waals surface area contributed by atoms with E-state index in [1.807, 2.05) is 0 Å². The van der Waals surface area contributed by atoms with E-state index in [4.69, 9.17) is 4.74 Å². The maximum atomic E-state index is 12.1. The Bertz CT molecular complexity index is 801. The Morgan fingerprint density at radius 3 is 2.83 bits per heavy atom. The molecule has 8 nitrogen and oxygen atoms in total. The maximum absolute atomic E-state index is 12.1. The summed E-state index contributed by atoms with van der Waals surface area (Å²) in [6.07, 6.45) is 3.08. The number of aromatic nitrogens is 4. The lowest BCUT2D eigenvalue weighted by Gasteiger charge is -2.07. The normalized spacial score (nSPS) is 11.4. The molecule has 0 aliphatic carbocycles. The second-order valence-corrected chi connectivity index (χ2v) is 7.66. The standard InChI is InChI=1S/C15H20N4O4S/c1-3-4-8-19-14(16-17-18-19)10-23-15(20)13-7-5-6-12(9-13)11-24(2,21)22/h5-7,9H,3-4,8,10-11H2,1-2H3. The molecule has 0 spiro atoms. The third-order valence-corrected chi connectivity index (χ3v) is 4.11. The first-order valence-electron chi connectivity index (χ1n) is 7.58. The molecule has 0 N–H and O–H groups in total. The van der Waals surface area contributed by atoms with Gasteiger partial charge in [-0.05, 0) is 34.5 Å². The van der Waals surface area contributed by atoms with E-state index < -0.39 is 15.8 Å². The van der Waals surface area contributed by atoms with Gasteiger partial charge >= 0.3 is 5.97 Å². The van der Waals surface area contributed by atoms with Gasteiger partial charge in [0, 0.05) is 12.8 Å². The maximum Gasteiger partial charge on any atom is 0.338 e. The molecule has 0 bridgehead atoms. The van der Waals surface area contributed by atoms with Crippen LogP contribution in [-0.2, 0) is 33.5 Å². The SMILES string of the molecule is CCCCn1nnnc1COC(=O)c1cccc(CS(C)(=O)=O)c1. The lowest BCUT2D eigenvalue weighted by Crippen LogP contribution is -2.11. The number of hydrogen-bond donors (Lipinski definition) is 0. The molecule has 0 unspecified atom stereocenters. The topological polar surface area (TPSA) is 104 Å². The summed E-state index contributed by atoms with van der Waals surface area (Å²) in [5.41, 5.74) is 0.837. The van der Waals surface area contributed by atoms with Crippen molar-refractivity contribution in [3.05, 3.63) is 41.2 Å². The Hall–Kier alpha value is -2.29. The molecule has 0 fully saturated rings. The summed E-state index contributed by atoms with van der Waals surface area (Å²) < 4.78 is 29.5. The van der Waals surface area contributed by atoms with E-state index in [0.717, 1.165) is 19.1 Å². The monoisotopic (exact) mass is 352 g/mol. The van der Waals surface area contributed by atoms with Crippen LogP contribution >= 0.6 is 0 Å². The molecule has 1 heterocycles. The van der Waals surface area contributed by atoms with Crippen LogP contribution in [0.3, 0.4) is 0 Å². The van der Waals surface area contributed by atoms with Crippen LogP contribution in [0, 0.1) is 0 Å². The average Bonchev–Trinajstić information content (AvgIpc) is 2.96. The summed E-state index contributed by atoms with van der Waals surface area (Å²) in [6, 6.07) is 6.38. The molecule has 2 rings (SSSR count). The van der Waals surface area contributed by atoms with Gasteiger partial charge in [0.05, 0.1) is 11.3 Å². The molecule has 130 valence electrons. The highest BCUT2D eigenvalue weighted by molar-refractivity contribution is 7.89. The number of esters is 1. The number of benzene rings is 1. The zero-order valence-electron chi connectivity index (χ0n) is 13.7. The fraction of sp³-hybridized carbons (Fsp3) is 0.467. The number of unbranched alkanes of at least 4 members (excludes halogenated alkanes) is 1. The number of carbonyl (C=O) groups excluding carboxylic acids is 1. The van der Waals surface area contributed by atoms with Crippen molar-refractivity contribution in [2.45, 2.75) is 38.7 Å². The molecule has 24 heavy (non-hydrogen) atoms. The van der Waals surface area contributed by atoms with Gasteiger partial charge in [-0.1, -0.05) is 25.5 Å². The quantitative estimate of drug-likeness (QED) is 0.661. The lowest BCUT2D eigenvalue weighted by molar-refractivity contribution is 0.0456. The van der Waals surface area contributed by atoms with E-state index in [1.165, 1.54) is 6.07 Å². The van der Waals surface area contributed by atoms with Crippen molar-refractivity contribution < 1.29 is 17.9 Å². The van der Waals surface area contributed by atoms with Crippen molar-refractivity contribution in [1.82, 2.24) is 20.2 Å². The van der Waals surface area contributed by atoms with E-state index in [9.17, 15) is 13.2 Å². The number of tetrazole rings is 1. The molecule has 0 saturated carbocycles. The van der Waals surface area contributed by atoms with Crippen LogP contribution < -0.4 is 0 Å². The summed E-state index contributed by atoms with van der Waals surface area (Å²) in [5.74, 6) is -0.192. The van der Waals surface area contributed by atoms with Gasteiger partial charge in [-0.2, -0.15) is 0 Å². The molecule has 0 atom stereocenters. The number of sulfone groups is 1. The van der Waals surface area contributed by atoms with Gasteiger partial charge in [0.1, 0.15) is 0 Å². The number of ether oxygens (including phenoxy) is 1.